The molecule has 0 spiro atoms. The Bertz CT molecular complexity index is 575. The van der Waals surface area contributed by atoms with Gasteiger partial charge in [-0.2, -0.15) is 9.78 Å². The molecule has 0 aliphatic heterocycles. The average Bonchev–Trinajstić information content (AvgIpc) is 2.70. The van der Waals surface area contributed by atoms with Crippen molar-refractivity contribution in [2.45, 2.75) is 0 Å². The van der Waals surface area contributed by atoms with E-state index < -0.39 is 11.0 Å². The van der Waals surface area contributed by atoms with E-state index >= 15 is 0 Å². The number of nitro groups is 1. The lowest BCUT2D eigenvalue weighted by molar-refractivity contribution is -0.384. The van der Waals surface area contributed by atoms with Gasteiger partial charge in [0.1, 0.15) is 0 Å². The first-order valence-corrected chi connectivity index (χ1v) is 4.34. The minimum absolute atomic E-state index is 0.0989. The molecule has 0 saturated carbocycles. The van der Waals surface area contributed by atoms with Crippen molar-refractivity contribution in [3.05, 3.63) is 34.5 Å². The second kappa shape index (κ2) is 3.61. The fraction of sp³-hybridized carbons (Fsp3) is 0.111. The zero-order chi connectivity index (χ0) is 11.7. The van der Waals surface area contributed by atoms with E-state index in [2.05, 4.69) is 9.84 Å². The summed E-state index contributed by atoms with van der Waals surface area (Å²) < 4.78 is 5.47. The fourth-order valence-electron chi connectivity index (χ4n) is 1.35. The number of non-ortho nitro benzene ring substituents is 1. The van der Waals surface area contributed by atoms with E-state index in [0.717, 1.165) is 4.68 Å². The Balaban J connectivity index is 2.64. The molecule has 2 rings (SSSR count). The monoisotopic (exact) mass is 221 g/mol. The molecule has 0 fully saturated rings. The van der Waals surface area contributed by atoms with Crippen molar-refractivity contribution < 1.29 is 14.5 Å². The number of ether oxygens (including phenoxy) is 1. The predicted octanol–water partition coefficient (Wildman–Crippen LogP) is 1.56. The van der Waals surface area contributed by atoms with E-state index in [9.17, 15) is 14.9 Å². The van der Waals surface area contributed by atoms with Gasteiger partial charge in [0.05, 0.1) is 23.7 Å². The highest BCUT2D eigenvalue weighted by molar-refractivity contribution is 5.88. The SMILES string of the molecule is COC(=O)n1ncc2ccc([N+](=O)[O-])cc21. The maximum Gasteiger partial charge on any atom is 0.434 e. The molecule has 0 radical (unpaired) electrons. The zero-order valence-corrected chi connectivity index (χ0v) is 8.28. The van der Waals surface area contributed by atoms with Crippen molar-refractivity contribution in [2.75, 3.05) is 7.11 Å². The fourth-order valence-corrected chi connectivity index (χ4v) is 1.35. The van der Waals surface area contributed by atoms with Crippen LogP contribution in [-0.2, 0) is 4.74 Å². The number of carbonyl (C=O) groups is 1. The lowest BCUT2D eigenvalue weighted by Crippen LogP contribution is -2.12. The number of aromatic nitrogens is 2. The molecule has 2 aromatic rings. The highest BCUT2D eigenvalue weighted by atomic mass is 16.6. The summed E-state index contributed by atoms with van der Waals surface area (Å²) in [6.07, 6.45) is 0.756. The highest BCUT2D eigenvalue weighted by Crippen LogP contribution is 2.20. The molecular weight excluding hydrogens is 214 g/mol. The Kier molecular flexibility index (Phi) is 2.28. The summed E-state index contributed by atoms with van der Waals surface area (Å²) in [6, 6.07) is 4.16. The Morgan fingerprint density at radius 3 is 2.94 bits per heavy atom. The lowest BCUT2D eigenvalue weighted by atomic mass is 10.2. The van der Waals surface area contributed by atoms with Crippen molar-refractivity contribution in [2.24, 2.45) is 0 Å². The van der Waals surface area contributed by atoms with E-state index in [1.807, 2.05) is 0 Å². The number of nitro benzene ring substituents is 1. The molecule has 0 aliphatic carbocycles. The van der Waals surface area contributed by atoms with Crippen LogP contribution in [0.4, 0.5) is 10.5 Å². The highest BCUT2D eigenvalue weighted by Gasteiger charge is 2.14. The number of carbonyl (C=O) groups excluding carboxylic acids is 1. The molecular formula is C9H7N3O4. The van der Waals surface area contributed by atoms with Gasteiger partial charge in [0.15, 0.2) is 0 Å². The van der Waals surface area contributed by atoms with Gasteiger partial charge in [0.2, 0.25) is 0 Å². The number of methoxy groups -OCH3 is 1. The van der Waals surface area contributed by atoms with Gasteiger partial charge in [-0.1, -0.05) is 0 Å². The lowest BCUT2D eigenvalue weighted by Gasteiger charge is -1.99. The third kappa shape index (κ3) is 1.48. The smallest absolute Gasteiger partial charge is 0.434 e. The van der Waals surface area contributed by atoms with Crippen LogP contribution in [0.2, 0.25) is 0 Å². The minimum atomic E-state index is -0.685. The van der Waals surface area contributed by atoms with Gasteiger partial charge in [-0.3, -0.25) is 10.1 Å². The largest absolute Gasteiger partial charge is 0.451 e. The van der Waals surface area contributed by atoms with Gasteiger partial charge in [-0.15, -0.1) is 0 Å². The molecule has 1 heterocycles. The van der Waals surface area contributed by atoms with Crippen LogP contribution in [0.3, 0.4) is 0 Å². The summed E-state index contributed by atoms with van der Waals surface area (Å²) in [6.45, 7) is 0. The molecule has 1 aromatic carbocycles. The molecule has 7 heteroatoms. The van der Waals surface area contributed by atoms with E-state index in [1.54, 1.807) is 0 Å². The van der Waals surface area contributed by atoms with Gasteiger partial charge in [-0.05, 0) is 6.07 Å². The summed E-state index contributed by atoms with van der Waals surface area (Å²) in [5.41, 5.74) is 0.249. The van der Waals surface area contributed by atoms with Crippen molar-refractivity contribution in [3.63, 3.8) is 0 Å². The van der Waals surface area contributed by atoms with Crippen molar-refractivity contribution in [1.29, 1.82) is 0 Å². The van der Waals surface area contributed by atoms with Crippen LogP contribution in [0.5, 0.6) is 0 Å². The summed E-state index contributed by atoms with van der Waals surface area (Å²) in [5.74, 6) is 0. The van der Waals surface area contributed by atoms with Crippen LogP contribution in [0.15, 0.2) is 24.4 Å². The number of rotatable bonds is 1. The van der Waals surface area contributed by atoms with Crippen LogP contribution < -0.4 is 0 Å². The van der Waals surface area contributed by atoms with Gasteiger partial charge >= 0.3 is 6.09 Å². The molecule has 7 nitrogen and oxygen atoms in total. The van der Waals surface area contributed by atoms with Crippen LogP contribution in [0.1, 0.15) is 0 Å². The maximum absolute atomic E-state index is 11.3. The minimum Gasteiger partial charge on any atom is -0.451 e. The Hall–Kier alpha value is -2.44. The second-order valence-corrected chi connectivity index (χ2v) is 3.03. The Labute approximate surface area is 89.4 Å². The Morgan fingerprint density at radius 1 is 1.56 bits per heavy atom. The maximum atomic E-state index is 11.3. The molecule has 0 bridgehead atoms. The van der Waals surface area contributed by atoms with Crippen LogP contribution >= 0.6 is 0 Å². The molecule has 16 heavy (non-hydrogen) atoms. The van der Waals surface area contributed by atoms with E-state index in [4.69, 9.17) is 0 Å². The first-order valence-electron chi connectivity index (χ1n) is 4.34. The normalized spacial score (nSPS) is 10.3. The molecule has 82 valence electrons. The van der Waals surface area contributed by atoms with Crippen molar-refractivity contribution in [1.82, 2.24) is 9.78 Å². The second-order valence-electron chi connectivity index (χ2n) is 3.03. The third-order valence-corrected chi connectivity index (χ3v) is 2.11. The predicted molar refractivity (Wildman–Crippen MR) is 54.2 cm³/mol. The summed E-state index contributed by atoms with van der Waals surface area (Å²) >= 11 is 0. The van der Waals surface area contributed by atoms with Gasteiger partial charge in [-0.25, -0.2) is 4.79 Å². The molecule has 0 N–H and O–H groups in total. The number of hydrogen-bond acceptors (Lipinski definition) is 5. The van der Waals surface area contributed by atoms with E-state index in [1.165, 1.54) is 31.5 Å². The summed E-state index contributed by atoms with van der Waals surface area (Å²) in [4.78, 5) is 21.3. The average molecular weight is 221 g/mol. The van der Waals surface area contributed by atoms with Gasteiger partial charge in [0, 0.05) is 17.5 Å². The van der Waals surface area contributed by atoms with Gasteiger partial charge in [0.25, 0.3) is 5.69 Å². The number of benzene rings is 1. The Morgan fingerprint density at radius 2 is 2.31 bits per heavy atom. The topological polar surface area (TPSA) is 87.3 Å². The first-order chi connectivity index (χ1) is 7.63. The number of nitrogens with zero attached hydrogens (tertiary/aromatic N) is 3. The van der Waals surface area contributed by atoms with Crippen LogP contribution in [-0.4, -0.2) is 27.9 Å². The quantitative estimate of drug-likeness (QED) is 0.538. The summed E-state index contributed by atoms with van der Waals surface area (Å²) in [5, 5.41) is 15.0. The number of hydrogen-bond donors (Lipinski definition) is 0. The van der Waals surface area contributed by atoms with Crippen LogP contribution in [0.25, 0.3) is 10.9 Å². The van der Waals surface area contributed by atoms with Crippen molar-refractivity contribution >= 4 is 22.7 Å². The van der Waals surface area contributed by atoms with Gasteiger partial charge < -0.3 is 4.74 Å². The summed E-state index contributed by atoms with van der Waals surface area (Å²) in [7, 11) is 1.22. The van der Waals surface area contributed by atoms with E-state index in [-0.39, 0.29) is 5.69 Å². The molecule has 0 aliphatic rings. The third-order valence-electron chi connectivity index (χ3n) is 2.11. The first kappa shape index (κ1) is 10.1. The van der Waals surface area contributed by atoms with Crippen LogP contribution in [0, 0.1) is 10.1 Å². The molecule has 0 atom stereocenters. The molecule has 0 unspecified atom stereocenters. The number of fused-ring (bicyclic) bond motifs is 1. The standard InChI is InChI=1S/C9H7N3O4/c1-16-9(13)11-8-4-7(12(14)15)3-2-6(8)5-10-11/h2-5H,1H3. The molecule has 0 saturated heterocycles. The molecule has 1 aromatic heterocycles. The van der Waals surface area contributed by atoms with E-state index in [0.29, 0.717) is 10.9 Å². The zero-order valence-electron chi connectivity index (χ0n) is 8.28. The molecule has 0 amide bonds. The van der Waals surface area contributed by atoms with Crippen molar-refractivity contribution in [3.8, 4) is 0 Å².